The van der Waals surface area contributed by atoms with Gasteiger partial charge in [-0.25, -0.2) is 4.98 Å². The predicted octanol–water partition coefficient (Wildman–Crippen LogP) is 4.00. The molecular formula is C23H17N3O6S. The minimum Gasteiger partial charge on any atom is -0.507 e. The Kier molecular flexibility index (Phi) is 4.94. The molecule has 1 fully saturated rings. The van der Waals surface area contributed by atoms with E-state index < -0.39 is 22.7 Å². The molecule has 0 saturated carbocycles. The summed E-state index contributed by atoms with van der Waals surface area (Å²) in [7, 11) is 0. The number of anilines is 1. The number of hydrogen-bond donors (Lipinski definition) is 1. The van der Waals surface area contributed by atoms with Crippen LogP contribution in [0.2, 0.25) is 0 Å². The molecule has 33 heavy (non-hydrogen) atoms. The monoisotopic (exact) mass is 463 g/mol. The maximum atomic E-state index is 13.1. The van der Waals surface area contributed by atoms with Gasteiger partial charge in [0.1, 0.15) is 17.6 Å². The lowest BCUT2D eigenvalue weighted by atomic mass is 9.94. The van der Waals surface area contributed by atoms with Crippen molar-refractivity contribution in [3.05, 3.63) is 86.4 Å². The molecule has 2 unspecified atom stereocenters. The lowest BCUT2D eigenvalue weighted by Crippen LogP contribution is -2.29. The highest BCUT2D eigenvalue weighted by Crippen LogP contribution is 2.43. The maximum absolute atomic E-state index is 13.1. The van der Waals surface area contributed by atoms with Crippen molar-refractivity contribution in [3.8, 4) is 5.75 Å². The van der Waals surface area contributed by atoms with Gasteiger partial charge in [0.15, 0.2) is 5.13 Å². The van der Waals surface area contributed by atoms with Gasteiger partial charge < -0.3 is 9.84 Å². The van der Waals surface area contributed by atoms with E-state index in [2.05, 4.69) is 4.98 Å². The largest absolute Gasteiger partial charge is 0.507 e. The Labute approximate surface area is 191 Å². The number of hydrogen-bond acceptors (Lipinski definition) is 8. The summed E-state index contributed by atoms with van der Waals surface area (Å²) >= 11 is 1.15. The first-order valence-electron chi connectivity index (χ1n) is 10.1. The number of thiazole rings is 1. The van der Waals surface area contributed by atoms with Crippen molar-refractivity contribution in [1.29, 1.82) is 0 Å². The van der Waals surface area contributed by atoms with E-state index in [1.54, 1.807) is 29.6 Å². The molecule has 2 aromatic carbocycles. The average Bonchev–Trinajstić information content (AvgIpc) is 3.51. The number of benzene rings is 2. The number of ketones is 1. The number of rotatable bonds is 4. The van der Waals surface area contributed by atoms with Crippen LogP contribution in [0.5, 0.6) is 5.75 Å². The van der Waals surface area contributed by atoms with Crippen LogP contribution in [0.1, 0.15) is 29.7 Å². The van der Waals surface area contributed by atoms with Gasteiger partial charge in [0, 0.05) is 35.7 Å². The summed E-state index contributed by atoms with van der Waals surface area (Å²) in [6.45, 7) is 1.93. The Bertz CT molecular complexity index is 1330. The number of amides is 1. The van der Waals surface area contributed by atoms with Gasteiger partial charge in [-0.1, -0.05) is 12.1 Å². The van der Waals surface area contributed by atoms with Crippen LogP contribution in [0.4, 0.5) is 10.8 Å². The van der Waals surface area contributed by atoms with Crippen molar-refractivity contribution in [1.82, 2.24) is 4.98 Å². The van der Waals surface area contributed by atoms with Gasteiger partial charge in [0.25, 0.3) is 11.5 Å². The molecule has 1 N–H and O–H groups in total. The van der Waals surface area contributed by atoms with E-state index in [-0.39, 0.29) is 28.3 Å². The molecule has 2 aliphatic rings. The Hall–Kier alpha value is -4.05. The van der Waals surface area contributed by atoms with E-state index in [1.807, 2.05) is 6.92 Å². The van der Waals surface area contributed by atoms with E-state index >= 15 is 0 Å². The average molecular weight is 463 g/mol. The number of fused-ring (bicyclic) bond motifs is 1. The molecule has 2 aliphatic heterocycles. The van der Waals surface area contributed by atoms with Crippen LogP contribution in [0.25, 0.3) is 5.76 Å². The van der Waals surface area contributed by atoms with E-state index in [1.165, 1.54) is 29.3 Å². The zero-order chi connectivity index (χ0) is 23.3. The first-order chi connectivity index (χ1) is 15.8. The normalized spacial score (nSPS) is 21.2. The van der Waals surface area contributed by atoms with Gasteiger partial charge in [0.2, 0.25) is 0 Å². The molecule has 166 valence electrons. The van der Waals surface area contributed by atoms with E-state index in [4.69, 9.17) is 4.74 Å². The SMILES string of the molecule is CC1Cc2cc(C(O)=C3C(=O)C(=O)N(c4nccs4)C3c3cccc([N+](=O)[O-])c3)ccc2O1. The van der Waals surface area contributed by atoms with Crippen molar-refractivity contribution >= 4 is 39.6 Å². The Morgan fingerprint density at radius 3 is 2.82 bits per heavy atom. The van der Waals surface area contributed by atoms with Gasteiger partial charge in [-0.3, -0.25) is 24.6 Å². The van der Waals surface area contributed by atoms with Gasteiger partial charge in [-0.15, -0.1) is 11.3 Å². The highest BCUT2D eigenvalue weighted by atomic mass is 32.1. The number of nitrogens with zero attached hydrogens (tertiary/aromatic N) is 3. The topological polar surface area (TPSA) is 123 Å². The fourth-order valence-electron chi connectivity index (χ4n) is 4.21. The summed E-state index contributed by atoms with van der Waals surface area (Å²) in [6, 6.07) is 9.66. The van der Waals surface area contributed by atoms with Crippen molar-refractivity contribution in [2.45, 2.75) is 25.5 Å². The molecule has 10 heteroatoms. The second-order valence-corrected chi connectivity index (χ2v) is 8.66. The zero-order valence-corrected chi connectivity index (χ0v) is 18.1. The van der Waals surface area contributed by atoms with Gasteiger partial charge in [0.05, 0.1) is 16.5 Å². The number of carbonyl (C=O) groups excluding carboxylic acids is 2. The minimum atomic E-state index is -1.07. The molecule has 0 spiro atoms. The number of aromatic nitrogens is 1. The van der Waals surface area contributed by atoms with Crippen molar-refractivity contribution in [2.24, 2.45) is 0 Å². The van der Waals surface area contributed by atoms with Crippen LogP contribution in [0.15, 0.2) is 59.6 Å². The highest BCUT2D eigenvalue weighted by Gasteiger charge is 2.48. The second kappa shape index (κ2) is 7.82. The minimum absolute atomic E-state index is 0.00209. The summed E-state index contributed by atoms with van der Waals surface area (Å²) in [5.74, 6) is -1.39. The number of nitro groups is 1. The molecule has 0 radical (unpaired) electrons. The van der Waals surface area contributed by atoms with Gasteiger partial charge in [-0.05, 0) is 36.2 Å². The molecular weight excluding hydrogens is 446 g/mol. The van der Waals surface area contributed by atoms with E-state index in [0.717, 1.165) is 16.9 Å². The Morgan fingerprint density at radius 1 is 1.27 bits per heavy atom. The number of nitro benzene ring substituents is 1. The standard InChI is InChI=1S/C23H17N3O6S/c1-12-9-15-10-14(5-6-17(15)32-12)20(27)18-19(13-3-2-4-16(11-13)26(30)31)25(22(29)21(18)28)23-24-7-8-33-23/h2-8,10-12,19,27H,9H2,1H3. The summed E-state index contributed by atoms with van der Waals surface area (Å²) in [5, 5.41) is 24.5. The molecule has 1 aromatic heterocycles. The summed E-state index contributed by atoms with van der Waals surface area (Å²) in [6.07, 6.45) is 2.14. The van der Waals surface area contributed by atoms with Crippen LogP contribution < -0.4 is 9.64 Å². The van der Waals surface area contributed by atoms with E-state index in [9.17, 15) is 24.8 Å². The van der Waals surface area contributed by atoms with Crippen molar-refractivity contribution in [2.75, 3.05) is 4.90 Å². The molecule has 0 aliphatic carbocycles. The summed E-state index contributed by atoms with van der Waals surface area (Å²) in [4.78, 5) is 42.3. The first-order valence-corrected chi connectivity index (χ1v) is 11.0. The molecule has 0 bridgehead atoms. The number of aliphatic hydroxyl groups is 1. The first kappa shape index (κ1) is 20.8. The third-order valence-corrected chi connectivity index (χ3v) is 6.41. The number of aliphatic hydroxyl groups excluding tert-OH is 1. The van der Waals surface area contributed by atoms with E-state index in [0.29, 0.717) is 23.3 Å². The predicted molar refractivity (Wildman–Crippen MR) is 120 cm³/mol. The molecule has 5 rings (SSSR count). The van der Waals surface area contributed by atoms with Gasteiger partial charge in [-0.2, -0.15) is 0 Å². The number of carbonyl (C=O) groups is 2. The molecule has 3 heterocycles. The summed E-state index contributed by atoms with van der Waals surface area (Å²) in [5.41, 5.74) is 1.22. The van der Waals surface area contributed by atoms with Crippen LogP contribution in [0.3, 0.4) is 0 Å². The fraction of sp³-hybridized carbons (Fsp3) is 0.174. The van der Waals surface area contributed by atoms with Crippen molar-refractivity contribution < 1.29 is 24.4 Å². The highest BCUT2D eigenvalue weighted by molar-refractivity contribution is 7.14. The van der Waals surface area contributed by atoms with Crippen LogP contribution in [-0.4, -0.2) is 32.8 Å². The van der Waals surface area contributed by atoms with Crippen LogP contribution >= 0.6 is 11.3 Å². The maximum Gasteiger partial charge on any atom is 0.301 e. The smallest absolute Gasteiger partial charge is 0.301 e. The summed E-state index contributed by atoms with van der Waals surface area (Å²) < 4.78 is 5.70. The molecule has 1 amide bonds. The lowest BCUT2D eigenvalue weighted by Gasteiger charge is -2.22. The van der Waals surface area contributed by atoms with Crippen molar-refractivity contribution in [3.63, 3.8) is 0 Å². The lowest BCUT2D eigenvalue weighted by molar-refractivity contribution is -0.384. The third kappa shape index (κ3) is 3.44. The molecule has 2 atom stereocenters. The van der Waals surface area contributed by atoms with Crippen LogP contribution in [0, 0.1) is 10.1 Å². The number of Topliss-reactive ketones (excluding diaryl/α,β-unsaturated/α-hetero) is 1. The number of ether oxygens (including phenoxy) is 1. The Balaban J connectivity index is 1.70. The molecule has 1 saturated heterocycles. The molecule has 9 nitrogen and oxygen atoms in total. The number of non-ortho nitro benzene ring substituents is 1. The Morgan fingerprint density at radius 2 is 2.09 bits per heavy atom. The third-order valence-electron chi connectivity index (χ3n) is 5.64. The van der Waals surface area contributed by atoms with Gasteiger partial charge >= 0.3 is 5.91 Å². The molecule has 3 aromatic rings. The van der Waals surface area contributed by atoms with Crippen LogP contribution in [-0.2, 0) is 16.0 Å². The zero-order valence-electron chi connectivity index (χ0n) is 17.3. The fourth-order valence-corrected chi connectivity index (χ4v) is 4.88. The quantitative estimate of drug-likeness (QED) is 0.204. The second-order valence-electron chi connectivity index (χ2n) is 7.79.